The molecule has 94 valence electrons. The SMILES string of the molecule is NCC(F)(F)CNc1ccc(Cl)cc1C(N)=O. The molecule has 0 aliphatic carbocycles. The Balaban J connectivity index is 2.88. The van der Waals surface area contributed by atoms with Crippen LogP contribution in [0.25, 0.3) is 0 Å². The summed E-state index contributed by atoms with van der Waals surface area (Å²) in [6, 6.07) is 4.19. The van der Waals surface area contributed by atoms with Crippen molar-refractivity contribution in [1.29, 1.82) is 0 Å². The highest BCUT2D eigenvalue weighted by Crippen LogP contribution is 2.21. The van der Waals surface area contributed by atoms with E-state index in [0.29, 0.717) is 5.02 Å². The monoisotopic (exact) mass is 263 g/mol. The second-order valence-electron chi connectivity index (χ2n) is 3.47. The Morgan fingerprint density at radius 2 is 2.12 bits per heavy atom. The molecule has 0 aliphatic rings. The average Bonchev–Trinajstić information content (AvgIpc) is 2.27. The Morgan fingerprint density at radius 1 is 1.47 bits per heavy atom. The van der Waals surface area contributed by atoms with Gasteiger partial charge in [-0.1, -0.05) is 11.6 Å². The molecule has 4 nitrogen and oxygen atoms in total. The van der Waals surface area contributed by atoms with Crippen molar-refractivity contribution in [2.75, 3.05) is 18.4 Å². The van der Waals surface area contributed by atoms with E-state index in [1.807, 2.05) is 0 Å². The summed E-state index contributed by atoms with van der Waals surface area (Å²) in [5, 5.41) is 2.72. The van der Waals surface area contributed by atoms with Crippen LogP contribution in [0.5, 0.6) is 0 Å². The lowest BCUT2D eigenvalue weighted by Gasteiger charge is -2.16. The molecule has 0 saturated heterocycles. The zero-order valence-corrected chi connectivity index (χ0v) is 9.60. The van der Waals surface area contributed by atoms with Gasteiger partial charge in [-0.3, -0.25) is 4.79 Å². The molecule has 0 fully saturated rings. The summed E-state index contributed by atoms with van der Waals surface area (Å²) >= 11 is 5.67. The van der Waals surface area contributed by atoms with Crippen molar-refractivity contribution in [1.82, 2.24) is 0 Å². The molecule has 0 aromatic heterocycles. The van der Waals surface area contributed by atoms with Gasteiger partial charge in [0.2, 0.25) is 0 Å². The van der Waals surface area contributed by atoms with Gasteiger partial charge < -0.3 is 16.8 Å². The van der Waals surface area contributed by atoms with Crippen molar-refractivity contribution in [3.8, 4) is 0 Å². The molecule has 0 spiro atoms. The highest BCUT2D eigenvalue weighted by atomic mass is 35.5. The average molecular weight is 264 g/mol. The maximum atomic E-state index is 12.9. The minimum Gasteiger partial charge on any atom is -0.378 e. The highest BCUT2D eigenvalue weighted by molar-refractivity contribution is 6.31. The first kappa shape index (κ1) is 13.7. The Bertz CT molecular complexity index is 426. The fourth-order valence-electron chi connectivity index (χ4n) is 1.17. The highest BCUT2D eigenvalue weighted by Gasteiger charge is 2.26. The van der Waals surface area contributed by atoms with Gasteiger partial charge in [-0.15, -0.1) is 0 Å². The summed E-state index contributed by atoms with van der Waals surface area (Å²) < 4.78 is 25.8. The number of hydrogen-bond donors (Lipinski definition) is 3. The van der Waals surface area contributed by atoms with Crippen molar-refractivity contribution in [2.45, 2.75) is 5.92 Å². The number of hydrogen-bond acceptors (Lipinski definition) is 3. The van der Waals surface area contributed by atoms with Gasteiger partial charge >= 0.3 is 0 Å². The van der Waals surface area contributed by atoms with Crippen LogP contribution in [0.4, 0.5) is 14.5 Å². The van der Waals surface area contributed by atoms with E-state index in [4.69, 9.17) is 23.1 Å². The number of halogens is 3. The molecule has 0 aliphatic heterocycles. The normalized spacial score (nSPS) is 11.3. The molecule has 7 heteroatoms. The number of benzene rings is 1. The Labute approximate surface area is 102 Å². The lowest BCUT2D eigenvalue weighted by molar-refractivity contribution is 0.0253. The largest absolute Gasteiger partial charge is 0.378 e. The van der Waals surface area contributed by atoms with Gasteiger partial charge in [-0.25, -0.2) is 8.78 Å². The number of nitrogens with two attached hydrogens (primary N) is 2. The summed E-state index contributed by atoms with van der Waals surface area (Å²) in [6.07, 6.45) is 0. The molecule has 5 N–H and O–H groups in total. The first-order valence-electron chi connectivity index (χ1n) is 4.77. The predicted octanol–water partition coefficient (Wildman–Crippen LogP) is 1.44. The minimum atomic E-state index is -3.05. The van der Waals surface area contributed by atoms with Gasteiger partial charge in [-0.05, 0) is 18.2 Å². The van der Waals surface area contributed by atoms with E-state index in [1.165, 1.54) is 18.2 Å². The number of anilines is 1. The van der Waals surface area contributed by atoms with Gasteiger partial charge in [0.1, 0.15) is 0 Å². The molecule has 0 bridgehead atoms. The summed E-state index contributed by atoms with van der Waals surface area (Å²) in [5.41, 5.74) is 10.3. The van der Waals surface area contributed by atoms with E-state index in [9.17, 15) is 13.6 Å². The Kier molecular flexibility index (Phi) is 4.25. The van der Waals surface area contributed by atoms with Crippen LogP contribution in [0.3, 0.4) is 0 Å². The summed E-state index contributed by atoms with van der Waals surface area (Å²) in [7, 11) is 0. The molecular weight excluding hydrogens is 252 g/mol. The van der Waals surface area contributed by atoms with Gasteiger partial charge in [0.05, 0.1) is 18.7 Å². The van der Waals surface area contributed by atoms with E-state index in [0.717, 1.165) is 0 Å². The maximum Gasteiger partial charge on any atom is 0.276 e. The number of carbonyl (C=O) groups excluding carboxylic acids is 1. The van der Waals surface area contributed by atoms with Crippen LogP contribution in [0.1, 0.15) is 10.4 Å². The number of alkyl halides is 2. The van der Waals surface area contributed by atoms with Crippen LogP contribution in [0.15, 0.2) is 18.2 Å². The Hall–Kier alpha value is -1.40. The summed E-state index contributed by atoms with van der Waals surface area (Å²) in [5.74, 6) is -3.79. The second kappa shape index (κ2) is 5.29. The van der Waals surface area contributed by atoms with E-state index in [1.54, 1.807) is 0 Å². The van der Waals surface area contributed by atoms with E-state index in [-0.39, 0.29) is 11.3 Å². The summed E-state index contributed by atoms with van der Waals surface area (Å²) in [6.45, 7) is -1.45. The van der Waals surface area contributed by atoms with Crippen LogP contribution >= 0.6 is 11.6 Å². The van der Waals surface area contributed by atoms with Crippen molar-refractivity contribution in [3.05, 3.63) is 28.8 Å². The quantitative estimate of drug-likeness (QED) is 0.752. The number of rotatable bonds is 5. The Morgan fingerprint density at radius 3 is 2.65 bits per heavy atom. The lowest BCUT2D eigenvalue weighted by Crippen LogP contribution is -2.35. The number of carbonyl (C=O) groups is 1. The second-order valence-corrected chi connectivity index (χ2v) is 3.90. The van der Waals surface area contributed by atoms with E-state index in [2.05, 4.69) is 5.32 Å². The van der Waals surface area contributed by atoms with Crippen molar-refractivity contribution >= 4 is 23.2 Å². The molecule has 0 heterocycles. The van der Waals surface area contributed by atoms with Gasteiger partial charge in [0.15, 0.2) is 0 Å². The van der Waals surface area contributed by atoms with Crippen LogP contribution in [-0.2, 0) is 0 Å². The number of amides is 1. The molecule has 0 saturated carbocycles. The van der Waals surface area contributed by atoms with Crippen LogP contribution in [0.2, 0.25) is 5.02 Å². The minimum absolute atomic E-state index is 0.0605. The molecule has 1 aromatic rings. The third-order valence-corrected chi connectivity index (χ3v) is 2.32. The standard InChI is InChI=1S/C10H12ClF2N3O/c11-6-1-2-8(7(3-6)9(15)17)16-5-10(12,13)4-14/h1-3,16H,4-5,14H2,(H2,15,17). The smallest absolute Gasteiger partial charge is 0.276 e. The van der Waals surface area contributed by atoms with Gasteiger partial charge in [0.25, 0.3) is 11.8 Å². The zero-order valence-electron chi connectivity index (χ0n) is 8.84. The van der Waals surface area contributed by atoms with Crippen LogP contribution in [-0.4, -0.2) is 24.9 Å². The molecule has 1 amide bonds. The van der Waals surface area contributed by atoms with Crippen molar-refractivity contribution < 1.29 is 13.6 Å². The third kappa shape index (κ3) is 3.83. The van der Waals surface area contributed by atoms with Crippen molar-refractivity contribution in [3.63, 3.8) is 0 Å². The third-order valence-electron chi connectivity index (χ3n) is 2.08. The van der Waals surface area contributed by atoms with Gasteiger partial charge in [-0.2, -0.15) is 0 Å². The first-order chi connectivity index (χ1) is 7.85. The van der Waals surface area contributed by atoms with Crippen LogP contribution < -0.4 is 16.8 Å². The molecule has 0 atom stereocenters. The lowest BCUT2D eigenvalue weighted by atomic mass is 10.1. The zero-order chi connectivity index (χ0) is 13.1. The van der Waals surface area contributed by atoms with Gasteiger partial charge in [0, 0.05) is 10.7 Å². The predicted molar refractivity (Wildman–Crippen MR) is 62.5 cm³/mol. The molecular formula is C10H12ClF2N3O. The molecule has 1 aromatic carbocycles. The fraction of sp³-hybridized carbons (Fsp3) is 0.300. The molecule has 1 rings (SSSR count). The number of primary amides is 1. The summed E-state index contributed by atoms with van der Waals surface area (Å²) in [4.78, 5) is 11.1. The maximum absolute atomic E-state index is 12.9. The van der Waals surface area contributed by atoms with E-state index >= 15 is 0 Å². The van der Waals surface area contributed by atoms with Crippen LogP contribution in [0, 0.1) is 0 Å². The molecule has 17 heavy (non-hydrogen) atoms. The van der Waals surface area contributed by atoms with Crippen molar-refractivity contribution in [2.24, 2.45) is 11.5 Å². The fourth-order valence-corrected chi connectivity index (χ4v) is 1.34. The number of nitrogens with one attached hydrogen (secondary N) is 1. The molecule has 0 unspecified atom stereocenters. The molecule has 0 radical (unpaired) electrons. The van der Waals surface area contributed by atoms with E-state index < -0.39 is 24.9 Å². The topological polar surface area (TPSA) is 81.1 Å². The first-order valence-corrected chi connectivity index (χ1v) is 5.14.